The van der Waals surface area contributed by atoms with Crippen molar-refractivity contribution in [2.24, 2.45) is 17.3 Å². The van der Waals surface area contributed by atoms with Crippen LogP contribution >= 0.6 is 0 Å². The number of aromatic nitrogens is 2. The number of benzene rings is 1. The van der Waals surface area contributed by atoms with Gasteiger partial charge >= 0.3 is 0 Å². The third kappa shape index (κ3) is 2.50. The molecule has 6 atom stereocenters. The van der Waals surface area contributed by atoms with E-state index in [1.807, 2.05) is 42.9 Å². The third-order valence-electron chi connectivity index (χ3n) is 8.41. The van der Waals surface area contributed by atoms with Gasteiger partial charge in [0, 0.05) is 41.9 Å². The number of aliphatic hydroxyl groups excluding tert-OH is 1. The lowest BCUT2D eigenvalue weighted by molar-refractivity contribution is -0.969. The molecule has 5 heteroatoms. The SMILES string of the molecule is C=CC12C3CC[N+](Cc4ccncc4)(CC31)[C@@H]2[C@H](O)c1ccnc2ccc(OC)cc12. The van der Waals surface area contributed by atoms with E-state index in [2.05, 4.69) is 34.8 Å². The second-order valence-electron chi connectivity index (χ2n) is 9.52. The van der Waals surface area contributed by atoms with E-state index >= 15 is 0 Å². The Hall–Kier alpha value is -2.76. The van der Waals surface area contributed by atoms with E-state index < -0.39 is 6.10 Å². The van der Waals surface area contributed by atoms with Gasteiger partial charge in [-0.05, 0) is 47.9 Å². The highest BCUT2D eigenvalue weighted by Gasteiger charge is 2.82. The Kier molecular flexibility index (Phi) is 4.05. The number of quaternary nitrogens is 1. The molecule has 2 aromatic heterocycles. The summed E-state index contributed by atoms with van der Waals surface area (Å²) in [6, 6.07) is 12.2. The molecule has 7 rings (SSSR count). The van der Waals surface area contributed by atoms with Crippen molar-refractivity contribution in [1.29, 1.82) is 0 Å². The Morgan fingerprint density at radius 1 is 1.23 bits per heavy atom. The molecular weight excluding hydrogens is 386 g/mol. The first-order valence-corrected chi connectivity index (χ1v) is 11.1. The molecule has 31 heavy (non-hydrogen) atoms. The van der Waals surface area contributed by atoms with Gasteiger partial charge in [-0.2, -0.15) is 0 Å². The number of rotatable bonds is 6. The second-order valence-corrected chi connectivity index (χ2v) is 9.52. The number of methoxy groups -OCH3 is 1. The average molecular weight is 415 g/mol. The van der Waals surface area contributed by atoms with Gasteiger partial charge in [-0.1, -0.05) is 6.08 Å². The van der Waals surface area contributed by atoms with Crippen molar-refractivity contribution in [2.75, 3.05) is 20.2 Å². The lowest BCUT2D eigenvalue weighted by Gasteiger charge is -2.50. The smallest absolute Gasteiger partial charge is 0.132 e. The van der Waals surface area contributed by atoms with Gasteiger partial charge in [0.15, 0.2) is 0 Å². The van der Waals surface area contributed by atoms with E-state index in [0.29, 0.717) is 11.8 Å². The number of aliphatic hydroxyl groups is 1. The maximum atomic E-state index is 12.0. The van der Waals surface area contributed by atoms with Crippen molar-refractivity contribution in [3.63, 3.8) is 0 Å². The molecule has 1 N–H and O–H groups in total. The van der Waals surface area contributed by atoms with Gasteiger partial charge in [0.05, 0.1) is 31.1 Å². The lowest BCUT2D eigenvalue weighted by atomic mass is 9.80. The van der Waals surface area contributed by atoms with E-state index in [9.17, 15) is 5.11 Å². The molecule has 4 fully saturated rings. The summed E-state index contributed by atoms with van der Waals surface area (Å²) in [5.74, 6) is 2.07. The number of nitrogens with zero attached hydrogens (tertiary/aromatic N) is 3. The van der Waals surface area contributed by atoms with E-state index in [0.717, 1.165) is 46.3 Å². The molecule has 5 heterocycles. The first kappa shape index (κ1) is 19.0. The normalized spacial score (nSPS) is 33.8. The van der Waals surface area contributed by atoms with Gasteiger partial charge in [-0.25, -0.2) is 0 Å². The largest absolute Gasteiger partial charge is 0.497 e. The fourth-order valence-corrected chi connectivity index (χ4v) is 7.16. The summed E-state index contributed by atoms with van der Waals surface area (Å²) in [7, 11) is 1.67. The maximum Gasteiger partial charge on any atom is 0.132 e. The predicted octanol–water partition coefficient (Wildman–Crippen LogP) is 3.89. The van der Waals surface area contributed by atoms with Crippen LogP contribution < -0.4 is 4.74 Å². The van der Waals surface area contributed by atoms with Crippen LogP contribution in [0.5, 0.6) is 5.75 Å². The number of hydrogen-bond acceptors (Lipinski definition) is 4. The van der Waals surface area contributed by atoms with Crippen LogP contribution in [0.3, 0.4) is 0 Å². The Labute approximate surface area is 182 Å². The summed E-state index contributed by atoms with van der Waals surface area (Å²) in [5.41, 5.74) is 3.14. The van der Waals surface area contributed by atoms with E-state index in [-0.39, 0.29) is 11.5 Å². The first-order chi connectivity index (χ1) is 15.1. The molecule has 4 bridgehead atoms. The van der Waals surface area contributed by atoms with Gasteiger partial charge < -0.3 is 14.3 Å². The molecule has 3 saturated heterocycles. The predicted molar refractivity (Wildman–Crippen MR) is 119 cm³/mol. The summed E-state index contributed by atoms with van der Waals surface area (Å²) in [6.45, 7) is 7.41. The van der Waals surface area contributed by atoms with Crippen LogP contribution in [0, 0.1) is 17.3 Å². The minimum absolute atomic E-state index is 0.0269. The van der Waals surface area contributed by atoms with Gasteiger partial charge in [-0.3, -0.25) is 9.97 Å². The molecule has 0 amide bonds. The lowest BCUT2D eigenvalue weighted by Crippen LogP contribution is -2.61. The highest BCUT2D eigenvalue weighted by atomic mass is 16.5. The van der Waals surface area contributed by atoms with Gasteiger partial charge in [-0.15, -0.1) is 6.58 Å². The zero-order chi connectivity index (χ0) is 21.2. The Morgan fingerprint density at radius 2 is 2.06 bits per heavy atom. The van der Waals surface area contributed by atoms with E-state index in [1.54, 1.807) is 7.11 Å². The van der Waals surface area contributed by atoms with Crippen molar-refractivity contribution in [2.45, 2.75) is 25.1 Å². The topological polar surface area (TPSA) is 55.2 Å². The van der Waals surface area contributed by atoms with Gasteiger partial charge in [0.1, 0.15) is 24.4 Å². The zero-order valence-corrected chi connectivity index (χ0v) is 17.8. The molecule has 3 aliphatic heterocycles. The van der Waals surface area contributed by atoms with Crippen molar-refractivity contribution in [3.8, 4) is 5.75 Å². The molecule has 5 nitrogen and oxygen atoms in total. The molecule has 1 aliphatic carbocycles. The molecule has 4 unspecified atom stereocenters. The number of fused-ring (bicyclic) bond motifs is 2. The van der Waals surface area contributed by atoms with Crippen LogP contribution in [0.15, 0.2) is 67.6 Å². The summed E-state index contributed by atoms with van der Waals surface area (Å²) in [6.07, 6.45) is 8.35. The van der Waals surface area contributed by atoms with E-state index in [1.165, 1.54) is 12.0 Å². The first-order valence-electron chi connectivity index (χ1n) is 11.1. The van der Waals surface area contributed by atoms with Crippen LogP contribution in [-0.4, -0.2) is 45.8 Å². The molecule has 0 spiro atoms. The number of pyridine rings is 2. The third-order valence-corrected chi connectivity index (χ3v) is 8.41. The molecule has 1 saturated carbocycles. The van der Waals surface area contributed by atoms with Crippen LogP contribution in [0.25, 0.3) is 10.9 Å². The average Bonchev–Trinajstić information content (AvgIpc) is 3.38. The van der Waals surface area contributed by atoms with Crippen LogP contribution in [0.1, 0.15) is 23.7 Å². The molecule has 158 valence electrons. The van der Waals surface area contributed by atoms with Crippen LogP contribution in [-0.2, 0) is 6.54 Å². The summed E-state index contributed by atoms with van der Waals surface area (Å²) in [4.78, 5) is 8.72. The zero-order valence-electron chi connectivity index (χ0n) is 17.8. The monoisotopic (exact) mass is 414 g/mol. The minimum Gasteiger partial charge on any atom is -0.497 e. The molecule has 1 aromatic carbocycles. The number of ether oxygens (including phenoxy) is 1. The summed E-state index contributed by atoms with van der Waals surface area (Å²) >= 11 is 0. The highest BCUT2D eigenvalue weighted by Crippen LogP contribution is 2.75. The Morgan fingerprint density at radius 3 is 2.84 bits per heavy atom. The van der Waals surface area contributed by atoms with Gasteiger partial charge in [0.2, 0.25) is 0 Å². The fourth-order valence-electron chi connectivity index (χ4n) is 7.16. The maximum absolute atomic E-state index is 12.0. The van der Waals surface area contributed by atoms with Crippen molar-refractivity contribution in [3.05, 3.63) is 78.8 Å². The van der Waals surface area contributed by atoms with Crippen molar-refractivity contribution >= 4 is 10.9 Å². The Bertz CT molecular complexity index is 1170. The van der Waals surface area contributed by atoms with Crippen LogP contribution in [0.2, 0.25) is 0 Å². The van der Waals surface area contributed by atoms with Gasteiger partial charge in [0.25, 0.3) is 0 Å². The summed E-state index contributed by atoms with van der Waals surface area (Å²) in [5, 5.41) is 13.0. The quantitative estimate of drug-likeness (QED) is 0.491. The molecule has 4 aliphatic rings. The Balaban J connectivity index is 1.47. The molecular formula is C26H28N3O2+. The summed E-state index contributed by atoms with van der Waals surface area (Å²) < 4.78 is 6.39. The highest BCUT2D eigenvalue weighted by molar-refractivity contribution is 5.84. The molecule has 0 radical (unpaired) electrons. The van der Waals surface area contributed by atoms with Crippen molar-refractivity contribution < 1.29 is 14.3 Å². The van der Waals surface area contributed by atoms with Crippen LogP contribution in [0.4, 0.5) is 0 Å². The minimum atomic E-state index is -0.590. The number of hydrogen-bond donors (Lipinski definition) is 1. The fraction of sp³-hybridized carbons (Fsp3) is 0.385. The standard InChI is InChI=1S/C26H28N3O2/c1-3-26-21-9-13-29(16-22(21)26,15-17-6-10-27-11-7-17)25(26)24(30)19-8-12-28-23-5-4-18(31-2)14-20(19)23/h3-8,10-12,14,21-22,24-25,30H,1,9,13,15-16H2,2H3/q+1/t21?,22?,24-,25-,26?,29?/m1/s1. The second kappa shape index (κ2) is 6.62. The van der Waals surface area contributed by atoms with E-state index in [4.69, 9.17) is 4.74 Å². The number of piperidine rings is 3. The molecule has 3 aromatic rings. The van der Waals surface area contributed by atoms with Crippen molar-refractivity contribution in [1.82, 2.24) is 9.97 Å².